The van der Waals surface area contributed by atoms with Gasteiger partial charge in [0.15, 0.2) is 6.23 Å². The van der Waals surface area contributed by atoms with Crippen molar-refractivity contribution >= 4 is 0 Å². The molecule has 6 nitrogen and oxygen atoms in total. The molecule has 0 aliphatic carbocycles. The van der Waals surface area contributed by atoms with Gasteiger partial charge in [0.2, 0.25) is 0 Å². The fraction of sp³-hybridized carbons (Fsp3) is 1.00. The summed E-state index contributed by atoms with van der Waals surface area (Å²) in [6, 6.07) is 0. The number of quaternary nitrogens is 1. The molecule has 1 N–H and O–H groups in total. The predicted octanol–water partition coefficient (Wildman–Crippen LogP) is -4.73. The van der Waals surface area contributed by atoms with Crippen molar-refractivity contribution in [1.29, 1.82) is 0 Å². The van der Waals surface area contributed by atoms with Gasteiger partial charge in [0.1, 0.15) is 0 Å². The van der Waals surface area contributed by atoms with Crippen LogP contribution in [-0.4, -0.2) is 37.0 Å². The van der Waals surface area contributed by atoms with Crippen molar-refractivity contribution in [2.45, 2.75) is 13.2 Å². The quantitative estimate of drug-likeness (QED) is 0.340. The zero-order chi connectivity index (χ0) is 10.6. The van der Waals surface area contributed by atoms with E-state index in [9.17, 15) is 0 Å². The van der Waals surface area contributed by atoms with Gasteiger partial charge in [-0.3, -0.25) is 0 Å². The highest BCUT2D eigenvalue weighted by Gasteiger charge is 2.12. The van der Waals surface area contributed by atoms with Gasteiger partial charge in [0, 0.05) is 6.92 Å². The number of nitrogens with zero attached hydrogens (tertiary/aromatic N) is 1. The molecule has 12 heavy (non-hydrogen) atoms. The second-order valence-electron chi connectivity index (χ2n) is 3.13. The SMILES string of the molecule is CC(O)[N+](C)(C)C.[O-][Cl+3]([O-])([O-])[O-]. The van der Waals surface area contributed by atoms with E-state index in [4.69, 9.17) is 23.7 Å². The number of halogens is 1. The summed E-state index contributed by atoms with van der Waals surface area (Å²) in [5, 5.41) is 8.86. The Morgan fingerprint density at radius 2 is 1.17 bits per heavy atom. The third-order valence-electron chi connectivity index (χ3n) is 1.12. The molecule has 0 aromatic rings. The van der Waals surface area contributed by atoms with E-state index in [1.54, 1.807) is 6.92 Å². The van der Waals surface area contributed by atoms with E-state index in [0.717, 1.165) is 0 Å². The number of rotatable bonds is 1. The van der Waals surface area contributed by atoms with Crippen molar-refractivity contribution in [2.24, 2.45) is 0 Å². The lowest BCUT2D eigenvalue weighted by molar-refractivity contribution is -2.00. The monoisotopic (exact) mass is 203 g/mol. The lowest BCUT2D eigenvalue weighted by Crippen LogP contribution is -2.68. The molecule has 0 saturated heterocycles. The molecule has 1 unspecified atom stereocenters. The second kappa shape index (κ2) is 4.93. The van der Waals surface area contributed by atoms with Crippen LogP contribution in [0.2, 0.25) is 0 Å². The van der Waals surface area contributed by atoms with Gasteiger partial charge in [-0.15, -0.1) is 10.2 Å². The maximum absolute atomic E-state index is 8.86. The predicted molar refractivity (Wildman–Crippen MR) is 29.7 cm³/mol. The molecule has 0 aromatic carbocycles. The van der Waals surface area contributed by atoms with Crippen molar-refractivity contribution in [2.75, 3.05) is 21.1 Å². The van der Waals surface area contributed by atoms with Crippen LogP contribution in [0.1, 0.15) is 6.92 Å². The molecule has 0 saturated carbocycles. The Labute approximate surface area is 73.6 Å². The molecule has 0 heterocycles. The zero-order valence-corrected chi connectivity index (χ0v) is 8.24. The van der Waals surface area contributed by atoms with Gasteiger partial charge in [0.05, 0.1) is 21.1 Å². The fourth-order valence-electron chi connectivity index (χ4n) is 0. The molecule has 0 spiro atoms. The number of aliphatic hydroxyl groups is 1. The highest BCUT2D eigenvalue weighted by Crippen LogP contribution is 1.94. The van der Waals surface area contributed by atoms with E-state index >= 15 is 0 Å². The Kier molecular flexibility index (Phi) is 5.98. The molecule has 1 atom stereocenters. The molecule has 0 radical (unpaired) electrons. The van der Waals surface area contributed by atoms with Gasteiger partial charge in [-0.05, 0) is 0 Å². The summed E-state index contributed by atoms with van der Waals surface area (Å²) in [5.41, 5.74) is 0. The number of hydrogen-bond donors (Lipinski definition) is 1. The second-order valence-corrected chi connectivity index (χ2v) is 3.88. The summed E-state index contributed by atoms with van der Waals surface area (Å²) in [7, 11) is 0.903. The topological polar surface area (TPSA) is 112 Å². The summed E-state index contributed by atoms with van der Waals surface area (Å²) < 4.78 is 34.6. The van der Waals surface area contributed by atoms with E-state index in [2.05, 4.69) is 0 Å². The van der Waals surface area contributed by atoms with Crippen LogP contribution in [0.3, 0.4) is 0 Å². The lowest BCUT2D eigenvalue weighted by Gasteiger charge is -2.26. The van der Waals surface area contributed by atoms with Crippen LogP contribution in [0, 0.1) is 10.2 Å². The van der Waals surface area contributed by atoms with Crippen molar-refractivity contribution in [3.05, 3.63) is 0 Å². The average Bonchev–Trinajstić information content (AvgIpc) is 1.55. The van der Waals surface area contributed by atoms with E-state index in [1.165, 1.54) is 0 Å². The molecule has 76 valence electrons. The van der Waals surface area contributed by atoms with E-state index in [1.807, 2.05) is 21.1 Å². The largest absolute Gasteiger partial charge is 0.345 e. The van der Waals surface area contributed by atoms with Gasteiger partial charge >= 0.3 is 0 Å². The Hall–Kier alpha value is 0.0500. The summed E-state index contributed by atoms with van der Waals surface area (Å²) in [5.74, 6) is 0. The maximum atomic E-state index is 8.86. The third-order valence-corrected chi connectivity index (χ3v) is 1.12. The van der Waals surface area contributed by atoms with Gasteiger partial charge < -0.3 is 9.59 Å². The summed E-state index contributed by atoms with van der Waals surface area (Å²) in [6.07, 6.45) is -0.264. The first-order valence-corrected chi connectivity index (χ1v) is 4.29. The van der Waals surface area contributed by atoms with Crippen molar-refractivity contribution in [3.63, 3.8) is 0 Å². The average molecular weight is 204 g/mol. The normalized spacial score (nSPS) is 14.8. The van der Waals surface area contributed by atoms with Crippen LogP contribution in [0.15, 0.2) is 0 Å². The molecule has 0 aliphatic heterocycles. The minimum atomic E-state index is -4.94. The minimum Gasteiger partial charge on any atom is -0.345 e. The molecule has 0 fully saturated rings. The lowest BCUT2D eigenvalue weighted by atomic mass is 10.5. The van der Waals surface area contributed by atoms with E-state index in [-0.39, 0.29) is 6.23 Å². The first-order valence-electron chi connectivity index (χ1n) is 3.05. The maximum Gasteiger partial charge on any atom is 0.187 e. The summed E-state index contributed by atoms with van der Waals surface area (Å²) >= 11 is 0. The minimum absolute atomic E-state index is 0.264. The van der Waals surface area contributed by atoms with Crippen LogP contribution in [-0.2, 0) is 0 Å². The van der Waals surface area contributed by atoms with Gasteiger partial charge in [-0.1, -0.05) is 0 Å². The molecular weight excluding hydrogens is 190 g/mol. The van der Waals surface area contributed by atoms with Crippen LogP contribution in [0.4, 0.5) is 0 Å². The Balaban J connectivity index is 0. The molecule has 0 amide bonds. The van der Waals surface area contributed by atoms with Crippen molar-refractivity contribution in [3.8, 4) is 0 Å². The van der Waals surface area contributed by atoms with Crippen LogP contribution < -0.4 is 18.6 Å². The molecule has 0 aromatic heterocycles. The molecular formula is C5H14ClNO5. The summed E-state index contributed by atoms with van der Waals surface area (Å²) in [4.78, 5) is 0. The third kappa shape index (κ3) is 22.5. The van der Waals surface area contributed by atoms with Crippen molar-refractivity contribution < 1.29 is 38.5 Å². The highest BCUT2D eigenvalue weighted by atomic mass is 35.7. The van der Waals surface area contributed by atoms with Crippen LogP contribution >= 0.6 is 0 Å². The van der Waals surface area contributed by atoms with E-state index < -0.39 is 10.2 Å². The summed E-state index contributed by atoms with van der Waals surface area (Å²) in [6.45, 7) is 1.78. The number of aliphatic hydroxyl groups excluding tert-OH is 1. The Morgan fingerprint density at radius 1 is 1.08 bits per heavy atom. The van der Waals surface area contributed by atoms with Crippen LogP contribution in [0.5, 0.6) is 0 Å². The van der Waals surface area contributed by atoms with Gasteiger partial charge in [-0.25, -0.2) is 18.6 Å². The standard InChI is InChI=1S/C5H14NO.ClHO4/c1-5(7)6(2,3)4;2-1(3,4)5/h5,7H,1-4H3;(H,2,3,4,5)/q+1;/p-1. The first-order chi connectivity index (χ1) is 4.94. The highest BCUT2D eigenvalue weighted by molar-refractivity contribution is 4.18. The first kappa shape index (κ1) is 14.6. The van der Waals surface area contributed by atoms with E-state index in [0.29, 0.717) is 4.48 Å². The number of hydrogen-bond acceptors (Lipinski definition) is 5. The molecule has 7 heteroatoms. The van der Waals surface area contributed by atoms with Crippen molar-refractivity contribution in [1.82, 2.24) is 0 Å². The zero-order valence-electron chi connectivity index (χ0n) is 7.48. The fourth-order valence-corrected chi connectivity index (χ4v) is 0. The molecule has 0 aliphatic rings. The Bertz CT molecular complexity index is 110. The smallest absolute Gasteiger partial charge is 0.187 e. The molecule has 0 rings (SSSR count). The van der Waals surface area contributed by atoms with Crippen LogP contribution in [0.25, 0.3) is 0 Å². The van der Waals surface area contributed by atoms with Gasteiger partial charge in [0.25, 0.3) is 0 Å². The van der Waals surface area contributed by atoms with Gasteiger partial charge in [-0.2, -0.15) is 0 Å². The Morgan fingerprint density at radius 3 is 1.17 bits per heavy atom. The molecule has 0 bridgehead atoms.